The van der Waals surface area contributed by atoms with Crippen molar-refractivity contribution in [2.45, 2.75) is 77.8 Å². The highest BCUT2D eigenvalue weighted by Crippen LogP contribution is 2.07. The zero-order chi connectivity index (χ0) is 11.5. The van der Waals surface area contributed by atoms with Crippen molar-refractivity contribution in [2.24, 2.45) is 0 Å². The first-order valence-electron chi connectivity index (χ1n) is 6.61. The molecule has 0 unspecified atom stereocenters. The molecule has 0 bridgehead atoms. The van der Waals surface area contributed by atoms with Crippen molar-refractivity contribution in [1.82, 2.24) is 5.32 Å². The Morgan fingerprint density at radius 1 is 1.07 bits per heavy atom. The van der Waals surface area contributed by atoms with Crippen molar-refractivity contribution in [1.29, 1.82) is 0 Å². The van der Waals surface area contributed by atoms with E-state index in [4.69, 9.17) is 5.11 Å². The average molecular weight is 215 g/mol. The molecule has 0 aromatic carbocycles. The van der Waals surface area contributed by atoms with E-state index in [9.17, 15) is 0 Å². The Hall–Kier alpha value is -0.0800. The van der Waals surface area contributed by atoms with E-state index in [1.165, 1.54) is 38.5 Å². The van der Waals surface area contributed by atoms with Crippen LogP contribution >= 0.6 is 0 Å². The van der Waals surface area contributed by atoms with Gasteiger partial charge in [-0.1, -0.05) is 46.0 Å². The molecule has 0 radical (unpaired) electrons. The van der Waals surface area contributed by atoms with Gasteiger partial charge in [-0.25, -0.2) is 0 Å². The lowest BCUT2D eigenvalue weighted by Crippen LogP contribution is -2.38. The molecular weight excluding hydrogens is 186 g/mol. The third-order valence-electron chi connectivity index (χ3n) is 2.97. The molecule has 0 fully saturated rings. The van der Waals surface area contributed by atoms with Crippen LogP contribution in [0.3, 0.4) is 0 Å². The van der Waals surface area contributed by atoms with E-state index in [-0.39, 0.29) is 12.6 Å². The van der Waals surface area contributed by atoms with Gasteiger partial charge in [-0.3, -0.25) is 0 Å². The number of rotatable bonds is 10. The maximum absolute atomic E-state index is 9.05. The zero-order valence-electron chi connectivity index (χ0n) is 10.8. The molecule has 92 valence electrons. The minimum absolute atomic E-state index is 0.261. The Morgan fingerprint density at radius 2 is 1.73 bits per heavy atom. The summed E-state index contributed by atoms with van der Waals surface area (Å²) < 4.78 is 0. The largest absolute Gasteiger partial charge is 0.395 e. The minimum atomic E-state index is 0.261. The molecule has 0 heterocycles. The van der Waals surface area contributed by atoms with Crippen molar-refractivity contribution in [3.63, 3.8) is 0 Å². The van der Waals surface area contributed by atoms with Crippen molar-refractivity contribution >= 4 is 0 Å². The van der Waals surface area contributed by atoms with Crippen LogP contribution in [0, 0.1) is 0 Å². The van der Waals surface area contributed by atoms with E-state index >= 15 is 0 Å². The fraction of sp³-hybridized carbons (Fsp3) is 1.00. The summed E-state index contributed by atoms with van der Waals surface area (Å²) in [4.78, 5) is 0. The van der Waals surface area contributed by atoms with Crippen LogP contribution in [0.2, 0.25) is 0 Å². The third-order valence-corrected chi connectivity index (χ3v) is 2.97. The van der Waals surface area contributed by atoms with Crippen LogP contribution < -0.4 is 5.32 Å². The molecule has 0 aliphatic heterocycles. The topological polar surface area (TPSA) is 32.3 Å². The van der Waals surface area contributed by atoms with E-state index in [1.54, 1.807) is 0 Å². The lowest BCUT2D eigenvalue weighted by Gasteiger charge is -2.20. The van der Waals surface area contributed by atoms with Gasteiger partial charge in [0.15, 0.2) is 0 Å². The molecule has 2 atom stereocenters. The van der Waals surface area contributed by atoms with Gasteiger partial charge in [-0.15, -0.1) is 0 Å². The van der Waals surface area contributed by atoms with Crippen LogP contribution in [0.4, 0.5) is 0 Å². The van der Waals surface area contributed by atoms with Gasteiger partial charge < -0.3 is 10.4 Å². The van der Waals surface area contributed by atoms with Gasteiger partial charge >= 0.3 is 0 Å². The lowest BCUT2D eigenvalue weighted by molar-refractivity contribution is 0.227. The first kappa shape index (κ1) is 14.9. The van der Waals surface area contributed by atoms with Crippen LogP contribution in [-0.2, 0) is 0 Å². The quantitative estimate of drug-likeness (QED) is 0.549. The first-order valence-corrected chi connectivity index (χ1v) is 6.61. The molecule has 0 saturated heterocycles. The van der Waals surface area contributed by atoms with Crippen molar-refractivity contribution < 1.29 is 5.11 Å². The van der Waals surface area contributed by atoms with Crippen LogP contribution in [0.25, 0.3) is 0 Å². The Morgan fingerprint density at radius 3 is 2.27 bits per heavy atom. The predicted molar refractivity (Wildman–Crippen MR) is 67.1 cm³/mol. The fourth-order valence-corrected chi connectivity index (χ4v) is 1.84. The van der Waals surface area contributed by atoms with Crippen LogP contribution in [0.1, 0.15) is 65.7 Å². The number of hydrogen-bond acceptors (Lipinski definition) is 2. The monoisotopic (exact) mass is 215 g/mol. The lowest BCUT2D eigenvalue weighted by atomic mass is 10.1. The summed E-state index contributed by atoms with van der Waals surface area (Å²) in [6, 6.07) is 0.833. The fourth-order valence-electron chi connectivity index (χ4n) is 1.84. The summed E-state index contributed by atoms with van der Waals surface area (Å²) in [6.45, 7) is 6.84. The second kappa shape index (κ2) is 10.4. The van der Waals surface area contributed by atoms with E-state index in [0.29, 0.717) is 6.04 Å². The molecule has 15 heavy (non-hydrogen) atoms. The standard InChI is InChI=1S/C13H29NO/c1-4-6-7-8-9-10-12(3)14-13(5-2)11-15/h12-15H,4-11H2,1-3H3/t12-,13-/m1/s1. The van der Waals surface area contributed by atoms with Crippen molar-refractivity contribution in [3.05, 3.63) is 0 Å². The molecule has 2 nitrogen and oxygen atoms in total. The first-order chi connectivity index (χ1) is 7.24. The number of aliphatic hydroxyl groups excluding tert-OH is 1. The highest BCUT2D eigenvalue weighted by Gasteiger charge is 2.08. The Bertz CT molecular complexity index is 124. The molecule has 2 heteroatoms. The molecule has 0 spiro atoms. The number of unbranched alkanes of at least 4 members (excludes halogenated alkanes) is 4. The van der Waals surface area contributed by atoms with Crippen molar-refractivity contribution in [3.8, 4) is 0 Å². The van der Waals surface area contributed by atoms with E-state index in [0.717, 1.165) is 6.42 Å². The highest BCUT2D eigenvalue weighted by atomic mass is 16.3. The predicted octanol–water partition coefficient (Wildman–Crippen LogP) is 3.10. The summed E-state index contributed by atoms with van der Waals surface area (Å²) in [5, 5.41) is 12.5. The number of hydrogen-bond donors (Lipinski definition) is 2. The normalized spacial score (nSPS) is 15.2. The van der Waals surface area contributed by atoms with E-state index in [2.05, 4.69) is 26.1 Å². The van der Waals surface area contributed by atoms with Crippen LogP contribution in [-0.4, -0.2) is 23.8 Å². The molecule has 2 N–H and O–H groups in total. The Labute approximate surface area is 95.5 Å². The molecule has 0 aromatic rings. The minimum Gasteiger partial charge on any atom is -0.395 e. The number of nitrogens with one attached hydrogen (secondary N) is 1. The van der Waals surface area contributed by atoms with Gasteiger partial charge in [0, 0.05) is 12.1 Å². The van der Waals surface area contributed by atoms with Crippen LogP contribution in [0.5, 0.6) is 0 Å². The zero-order valence-corrected chi connectivity index (χ0v) is 10.8. The molecule has 0 amide bonds. The van der Waals surface area contributed by atoms with E-state index in [1.807, 2.05) is 0 Å². The van der Waals surface area contributed by atoms with Gasteiger partial charge in [0.2, 0.25) is 0 Å². The third kappa shape index (κ3) is 8.88. The molecule has 0 aromatic heterocycles. The number of aliphatic hydroxyl groups is 1. The summed E-state index contributed by atoms with van der Waals surface area (Å²) in [5.74, 6) is 0. The Kier molecular flexibility index (Phi) is 10.4. The maximum Gasteiger partial charge on any atom is 0.0584 e. The Balaban J connectivity index is 3.35. The van der Waals surface area contributed by atoms with Gasteiger partial charge in [0.25, 0.3) is 0 Å². The summed E-state index contributed by atoms with van der Waals surface area (Å²) in [7, 11) is 0. The average Bonchev–Trinajstić information content (AvgIpc) is 2.25. The van der Waals surface area contributed by atoms with Gasteiger partial charge in [0.05, 0.1) is 6.61 Å². The molecule has 0 aliphatic carbocycles. The molecular formula is C13H29NO. The van der Waals surface area contributed by atoms with Crippen LogP contribution in [0.15, 0.2) is 0 Å². The SMILES string of the molecule is CCCCCCC[C@@H](C)N[C@H](CC)CO. The summed E-state index contributed by atoms with van der Waals surface area (Å²) in [5.41, 5.74) is 0. The second-order valence-corrected chi connectivity index (χ2v) is 4.56. The summed E-state index contributed by atoms with van der Waals surface area (Å²) >= 11 is 0. The molecule has 0 aliphatic rings. The molecule has 0 rings (SSSR count). The van der Waals surface area contributed by atoms with Crippen molar-refractivity contribution in [2.75, 3.05) is 6.61 Å². The smallest absolute Gasteiger partial charge is 0.0584 e. The highest BCUT2D eigenvalue weighted by molar-refractivity contribution is 4.69. The van der Waals surface area contributed by atoms with Gasteiger partial charge in [0.1, 0.15) is 0 Å². The van der Waals surface area contributed by atoms with Gasteiger partial charge in [-0.2, -0.15) is 0 Å². The van der Waals surface area contributed by atoms with E-state index < -0.39 is 0 Å². The maximum atomic E-state index is 9.05. The second-order valence-electron chi connectivity index (χ2n) is 4.56. The molecule has 0 saturated carbocycles. The summed E-state index contributed by atoms with van der Waals surface area (Å²) in [6.07, 6.45) is 8.98. The van der Waals surface area contributed by atoms with Gasteiger partial charge in [-0.05, 0) is 19.8 Å².